The summed E-state index contributed by atoms with van der Waals surface area (Å²) in [5, 5.41) is 2.02. The Kier molecular flexibility index (Phi) is 3.85. The lowest BCUT2D eigenvalue weighted by atomic mass is 9.88. The van der Waals surface area contributed by atoms with Gasteiger partial charge in [-0.05, 0) is 38.1 Å². The molecule has 0 atom stereocenters. The quantitative estimate of drug-likeness (QED) is 0.842. The largest absolute Gasteiger partial charge is 0.331 e. The number of amides is 1. The molecule has 2 rings (SSSR count). The van der Waals surface area contributed by atoms with E-state index in [0.717, 1.165) is 12.8 Å². The summed E-state index contributed by atoms with van der Waals surface area (Å²) in [5.41, 5.74) is -0.620. The topological polar surface area (TPSA) is 37.4 Å². The first-order valence-corrected chi connectivity index (χ1v) is 7.26. The minimum absolute atomic E-state index is 0.0986. The maximum absolute atomic E-state index is 12.2. The van der Waals surface area contributed by atoms with Gasteiger partial charge in [-0.1, -0.05) is 6.07 Å². The Labute approximate surface area is 112 Å². The maximum Gasteiger partial charge on any atom is 0.223 e. The molecule has 1 aliphatic rings. The number of rotatable bonds is 3. The number of thiophene rings is 1. The highest BCUT2D eigenvalue weighted by Gasteiger charge is 2.39. The summed E-state index contributed by atoms with van der Waals surface area (Å²) in [6.07, 6.45) is 2.67. The van der Waals surface area contributed by atoms with Gasteiger partial charge in [-0.15, -0.1) is 11.3 Å². The van der Waals surface area contributed by atoms with Crippen LogP contribution in [0, 0.1) is 0 Å². The van der Waals surface area contributed by atoms with Gasteiger partial charge in [0.15, 0.2) is 5.78 Å². The van der Waals surface area contributed by atoms with Crippen molar-refractivity contribution in [3.05, 3.63) is 22.4 Å². The second-order valence-corrected chi connectivity index (χ2v) is 6.24. The summed E-state index contributed by atoms with van der Waals surface area (Å²) in [4.78, 5) is 27.1. The third-order valence-electron chi connectivity index (χ3n) is 3.61. The molecule has 0 aliphatic carbocycles. The van der Waals surface area contributed by atoms with Crippen molar-refractivity contribution >= 4 is 23.0 Å². The van der Waals surface area contributed by atoms with E-state index in [1.807, 2.05) is 31.4 Å². The Morgan fingerprint density at radius 3 is 2.94 bits per heavy atom. The van der Waals surface area contributed by atoms with Gasteiger partial charge in [-0.2, -0.15) is 0 Å². The SMILES string of the molecule is CC1(C)C(=O)CCCN1C(=O)CCc1cccs1. The number of ketones is 1. The predicted molar refractivity (Wildman–Crippen MR) is 72.7 cm³/mol. The molecule has 0 unspecified atom stereocenters. The van der Waals surface area contributed by atoms with Crippen molar-refractivity contribution in [1.82, 2.24) is 4.90 Å². The predicted octanol–water partition coefficient (Wildman–Crippen LogP) is 2.65. The molecule has 98 valence electrons. The van der Waals surface area contributed by atoms with Crippen LogP contribution >= 0.6 is 11.3 Å². The van der Waals surface area contributed by atoms with E-state index in [0.29, 0.717) is 19.4 Å². The second kappa shape index (κ2) is 5.22. The van der Waals surface area contributed by atoms with Crippen LogP contribution in [-0.2, 0) is 16.0 Å². The van der Waals surface area contributed by atoms with Crippen LogP contribution in [0.25, 0.3) is 0 Å². The summed E-state index contributed by atoms with van der Waals surface area (Å²) >= 11 is 1.67. The molecule has 0 spiro atoms. The van der Waals surface area contributed by atoms with Gasteiger partial charge in [-0.25, -0.2) is 0 Å². The maximum atomic E-state index is 12.2. The highest BCUT2D eigenvalue weighted by molar-refractivity contribution is 7.09. The fourth-order valence-electron chi connectivity index (χ4n) is 2.39. The average molecular weight is 265 g/mol. The van der Waals surface area contributed by atoms with E-state index in [2.05, 4.69) is 0 Å². The van der Waals surface area contributed by atoms with Crippen LogP contribution in [-0.4, -0.2) is 28.7 Å². The minimum Gasteiger partial charge on any atom is -0.331 e. The molecule has 0 bridgehead atoms. The average Bonchev–Trinajstić information content (AvgIpc) is 2.82. The van der Waals surface area contributed by atoms with Gasteiger partial charge in [0.25, 0.3) is 0 Å². The summed E-state index contributed by atoms with van der Waals surface area (Å²) in [5.74, 6) is 0.277. The zero-order chi connectivity index (χ0) is 13.2. The molecule has 1 aromatic rings. The Morgan fingerprint density at radius 2 is 2.28 bits per heavy atom. The van der Waals surface area contributed by atoms with Crippen LogP contribution in [0.2, 0.25) is 0 Å². The van der Waals surface area contributed by atoms with Crippen molar-refractivity contribution in [2.24, 2.45) is 0 Å². The minimum atomic E-state index is -0.620. The van der Waals surface area contributed by atoms with Gasteiger partial charge in [0.2, 0.25) is 5.91 Å². The smallest absolute Gasteiger partial charge is 0.223 e. The molecule has 1 amide bonds. The molecule has 1 fully saturated rings. The highest BCUT2D eigenvalue weighted by atomic mass is 32.1. The summed E-state index contributed by atoms with van der Waals surface area (Å²) in [6, 6.07) is 4.04. The van der Waals surface area contributed by atoms with Gasteiger partial charge in [0, 0.05) is 24.3 Å². The van der Waals surface area contributed by atoms with E-state index in [9.17, 15) is 9.59 Å². The van der Waals surface area contributed by atoms with Crippen molar-refractivity contribution in [2.75, 3.05) is 6.54 Å². The van der Waals surface area contributed by atoms with Crippen molar-refractivity contribution in [1.29, 1.82) is 0 Å². The first kappa shape index (κ1) is 13.3. The molecule has 18 heavy (non-hydrogen) atoms. The standard InChI is InChI=1S/C14H19NO2S/c1-14(2)12(16)6-3-9-15(14)13(17)8-7-11-5-4-10-18-11/h4-5,10H,3,6-9H2,1-2H3. The Hall–Kier alpha value is -1.16. The molecule has 1 aromatic heterocycles. The van der Waals surface area contributed by atoms with E-state index in [1.54, 1.807) is 16.2 Å². The molecule has 0 saturated carbocycles. The fourth-order valence-corrected chi connectivity index (χ4v) is 3.10. The molecule has 4 heteroatoms. The van der Waals surface area contributed by atoms with Crippen LogP contribution in [0.5, 0.6) is 0 Å². The number of carbonyl (C=O) groups is 2. The van der Waals surface area contributed by atoms with Crippen molar-refractivity contribution in [3.63, 3.8) is 0 Å². The lowest BCUT2D eigenvalue weighted by Gasteiger charge is -2.41. The van der Waals surface area contributed by atoms with E-state index >= 15 is 0 Å². The normalized spacial score (nSPS) is 19.0. The summed E-state index contributed by atoms with van der Waals surface area (Å²) in [7, 11) is 0. The lowest BCUT2D eigenvalue weighted by Crippen LogP contribution is -2.56. The van der Waals surface area contributed by atoms with Crippen LogP contribution in [0.15, 0.2) is 17.5 Å². The van der Waals surface area contributed by atoms with E-state index in [4.69, 9.17) is 0 Å². The summed E-state index contributed by atoms with van der Waals surface area (Å²) in [6.45, 7) is 4.43. The lowest BCUT2D eigenvalue weighted by molar-refractivity contribution is -0.148. The van der Waals surface area contributed by atoms with Gasteiger partial charge in [0.05, 0.1) is 5.54 Å². The molecule has 0 N–H and O–H groups in total. The number of carbonyl (C=O) groups excluding carboxylic acids is 2. The van der Waals surface area contributed by atoms with Crippen LogP contribution in [0.4, 0.5) is 0 Å². The van der Waals surface area contributed by atoms with Gasteiger partial charge in [0.1, 0.15) is 0 Å². The van der Waals surface area contributed by atoms with Crippen LogP contribution in [0.1, 0.15) is 38.0 Å². The number of hydrogen-bond acceptors (Lipinski definition) is 3. The number of aryl methyl sites for hydroxylation is 1. The van der Waals surface area contributed by atoms with E-state index in [1.165, 1.54) is 4.88 Å². The molecule has 3 nitrogen and oxygen atoms in total. The third-order valence-corrected chi connectivity index (χ3v) is 4.55. The van der Waals surface area contributed by atoms with Gasteiger partial charge >= 0.3 is 0 Å². The van der Waals surface area contributed by atoms with Crippen molar-refractivity contribution in [2.45, 2.75) is 45.1 Å². The Bertz CT molecular complexity index is 437. The van der Waals surface area contributed by atoms with Crippen molar-refractivity contribution < 1.29 is 9.59 Å². The first-order chi connectivity index (χ1) is 8.51. The van der Waals surface area contributed by atoms with E-state index in [-0.39, 0.29) is 11.7 Å². The molecule has 1 saturated heterocycles. The highest BCUT2D eigenvalue weighted by Crippen LogP contribution is 2.25. The molecule has 0 aromatic carbocycles. The third kappa shape index (κ3) is 2.64. The number of piperidine rings is 1. The van der Waals surface area contributed by atoms with Crippen LogP contribution in [0.3, 0.4) is 0 Å². The zero-order valence-corrected chi connectivity index (χ0v) is 11.8. The van der Waals surface area contributed by atoms with Gasteiger partial charge in [-0.3, -0.25) is 9.59 Å². The Balaban J connectivity index is 1.97. The number of Topliss-reactive ketones (excluding diaryl/α,β-unsaturated/α-hetero) is 1. The number of hydrogen-bond donors (Lipinski definition) is 0. The summed E-state index contributed by atoms with van der Waals surface area (Å²) < 4.78 is 0. The molecule has 0 radical (unpaired) electrons. The number of nitrogens with zero attached hydrogens (tertiary/aromatic N) is 1. The molecular weight excluding hydrogens is 246 g/mol. The molecule has 1 aliphatic heterocycles. The van der Waals surface area contributed by atoms with Crippen molar-refractivity contribution in [3.8, 4) is 0 Å². The number of likely N-dealkylation sites (tertiary alicyclic amines) is 1. The molecular formula is C14H19NO2S. The first-order valence-electron chi connectivity index (χ1n) is 6.38. The van der Waals surface area contributed by atoms with Crippen LogP contribution < -0.4 is 0 Å². The Morgan fingerprint density at radius 1 is 1.50 bits per heavy atom. The molecule has 2 heterocycles. The fraction of sp³-hybridized carbons (Fsp3) is 0.571. The zero-order valence-electron chi connectivity index (χ0n) is 10.9. The van der Waals surface area contributed by atoms with Gasteiger partial charge < -0.3 is 4.90 Å². The second-order valence-electron chi connectivity index (χ2n) is 5.21. The van der Waals surface area contributed by atoms with E-state index < -0.39 is 5.54 Å². The monoisotopic (exact) mass is 265 g/mol.